The number of hydrogen-bond acceptors (Lipinski definition) is 9. The molecule has 0 saturated carbocycles. The van der Waals surface area contributed by atoms with Gasteiger partial charge in [-0.1, -0.05) is 90.7 Å². The highest BCUT2D eigenvalue weighted by atomic mass is 32.2. The van der Waals surface area contributed by atoms with Gasteiger partial charge in [-0.15, -0.1) is 0 Å². The summed E-state index contributed by atoms with van der Waals surface area (Å²) in [6.07, 6.45) is 9.45. The Bertz CT molecular complexity index is 1720. The normalized spacial score (nSPS) is 21.3. The van der Waals surface area contributed by atoms with Crippen LogP contribution in [0.5, 0.6) is 5.75 Å². The second-order valence-electron chi connectivity index (χ2n) is 16.2. The number of aliphatic hydroxyl groups excluding tert-OH is 2. The van der Waals surface area contributed by atoms with Gasteiger partial charge in [0.1, 0.15) is 30.0 Å². The summed E-state index contributed by atoms with van der Waals surface area (Å²) in [4.78, 5) is 33.6. The first-order valence-electron chi connectivity index (χ1n) is 20.8. The van der Waals surface area contributed by atoms with Crippen LogP contribution in [0.2, 0.25) is 0 Å². The number of aryl methyl sites for hydroxylation is 1. The largest absolute Gasteiger partial charge is 0.617 e. The summed E-state index contributed by atoms with van der Waals surface area (Å²) in [7, 11) is -4.88. The van der Waals surface area contributed by atoms with Crippen molar-refractivity contribution in [2.24, 2.45) is 5.92 Å². The molecule has 4 atom stereocenters. The minimum absolute atomic E-state index is 0.0538. The van der Waals surface area contributed by atoms with Gasteiger partial charge in [-0.3, -0.25) is 14.6 Å². The summed E-state index contributed by atoms with van der Waals surface area (Å²) in [6, 6.07) is 24.5. The van der Waals surface area contributed by atoms with Gasteiger partial charge in [0.05, 0.1) is 32.1 Å². The lowest BCUT2D eigenvalue weighted by Gasteiger charge is -2.52. The van der Waals surface area contributed by atoms with Crippen molar-refractivity contribution in [1.29, 1.82) is 0 Å². The molecule has 3 saturated heterocycles. The predicted molar refractivity (Wildman–Crippen MR) is 226 cm³/mol. The molecule has 3 aromatic carbocycles. The number of esters is 1. The topological polar surface area (TPSA) is 178 Å². The molecule has 320 valence electrons. The van der Waals surface area contributed by atoms with E-state index >= 15 is 0 Å². The number of hydrogen-bond donors (Lipinski definition) is 5. The number of carbonyl (C=O) groups is 1. The van der Waals surface area contributed by atoms with E-state index in [9.17, 15) is 33.9 Å². The van der Waals surface area contributed by atoms with Crippen LogP contribution in [-0.4, -0.2) is 106 Å². The second-order valence-corrected chi connectivity index (χ2v) is 18.9. The molecule has 3 heterocycles. The molecular weight excluding hydrogens is 780 g/mol. The van der Waals surface area contributed by atoms with Gasteiger partial charge < -0.3 is 38.6 Å². The quantitative estimate of drug-likeness (QED) is 0.0219. The van der Waals surface area contributed by atoms with Crippen LogP contribution < -0.4 is 9.84 Å². The van der Waals surface area contributed by atoms with Crippen LogP contribution in [-0.2, 0) is 48.4 Å². The Morgan fingerprint density at radius 3 is 2.31 bits per heavy atom. The molecule has 4 unspecified atom stereocenters. The molecule has 0 spiro atoms. The Morgan fingerprint density at radius 1 is 0.966 bits per heavy atom. The highest BCUT2D eigenvalue weighted by Crippen LogP contribution is 2.43. The van der Waals surface area contributed by atoms with E-state index in [2.05, 4.69) is 29.6 Å². The monoisotopic (exact) mass is 843 g/mol. The number of nitrogens with zero attached hydrogens (tertiary/aromatic N) is 1. The van der Waals surface area contributed by atoms with Crippen molar-refractivity contribution in [3.63, 3.8) is 0 Å². The zero-order chi connectivity index (χ0) is 41.4. The molecule has 5 N–H and O–H groups in total. The van der Waals surface area contributed by atoms with Gasteiger partial charge in [0.2, 0.25) is 0 Å². The van der Waals surface area contributed by atoms with Crippen molar-refractivity contribution in [3.8, 4) is 5.75 Å². The van der Waals surface area contributed by atoms with Gasteiger partial charge in [-0.2, -0.15) is 0 Å². The van der Waals surface area contributed by atoms with Crippen LogP contribution >= 0.6 is 7.82 Å². The molecule has 14 heteroatoms. The average molecular weight is 844 g/mol. The SMILES string of the molecule is C[S+]([O-])CCC(CO)(C(=O)OC1C[N+]2(Cc3cc(C(O)CNCCCCCCOCCCCc4ccccc4)ccc3OP(=O)(O)O)CCC1CC2)c1ccccc1. The number of rotatable bonds is 26. The highest BCUT2D eigenvalue weighted by Gasteiger charge is 2.51. The van der Waals surface area contributed by atoms with Crippen molar-refractivity contribution in [2.75, 3.05) is 64.6 Å². The zero-order valence-corrected chi connectivity index (χ0v) is 35.6. The molecule has 2 bridgehead atoms. The number of carbonyl (C=O) groups excluding carboxylic acids is 1. The van der Waals surface area contributed by atoms with Crippen LogP contribution in [0.15, 0.2) is 78.9 Å². The molecule has 3 aromatic rings. The van der Waals surface area contributed by atoms with E-state index in [-0.39, 0.29) is 23.8 Å². The Morgan fingerprint density at radius 2 is 1.64 bits per heavy atom. The van der Waals surface area contributed by atoms with Crippen LogP contribution in [0.4, 0.5) is 0 Å². The summed E-state index contributed by atoms with van der Waals surface area (Å²) in [6.45, 7) is 4.57. The first-order valence-corrected chi connectivity index (χ1v) is 24.1. The maximum absolute atomic E-state index is 14.1. The summed E-state index contributed by atoms with van der Waals surface area (Å²) in [5.41, 5.74) is 1.79. The third-order valence-corrected chi connectivity index (χ3v) is 13.1. The molecule has 0 radical (unpaired) electrons. The fraction of sp³-hybridized carbons (Fsp3) is 0.568. The average Bonchev–Trinajstić information content (AvgIpc) is 3.21. The smallest absolute Gasteiger partial charge is 0.524 e. The number of piperidine rings is 3. The molecule has 0 amide bonds. The van der Waals surface area contributed by atoms with E-state index in [4.69, 9.17) is 14.0 Å². The van der Waals surface area contributed by atoms with Crippen molar-refractivity contribution in [2.45, 2.75) is 88.4 Å². The van der Waals surface area contributed by atoms with Gasteiger partial charge in [0.25, 0.3) is 0 Å². The van der Waals surface area contributed by atoms with Crippen LogP contribution in [0.3, 0.4) is 0 Å². The second kappa shape index (κ2) is 22.7. The summed E-state index contributed by atoms with van der Waals surface area (Å²) < 4.78 is 41.9. The van der Waals surface area contributed by atoms with E-state index in [1.807, 2.05) is 12.1 Å². The van der Waals surface area contributed by atoms with Crippen molar-refractivity contribution in [3.05, 3.63) is 101 Å². The molecule has 12 nitrogen and oxygen atoms in total. The maximum atomic E-state index is 14.1. The van der Waals surface area contributed by atoms with Crippen LogP contribution in [0.1, 0.15) is 86.1 Å². The standard InChI is InChI=1S/C44H63N2O10PS/c1-58(53)29-23-44(34-47,39-17-8-5-9-18-39)43(49)55-42-33-46(25-21-36(42)22-26-46)32-38-30-37(19-20-41(38)56-57(50,51)52)40(48)31-45-24-11-2-3-12-27-54-28-13-10-16-35-14-6-4-7-15-35/h4-9,14-15,17-20,30,36,40,42,45,47-48H,2-3,10-13,16,21-29,31-34H2,1H3,(H-,50,51,52)/p+1. The van der Waals surface area contributed by atoms with Crippen LogP contribution in [0, 0.1) is 5.92 Å². The van der Waals surface area contributed by atoms with E-state index in [1.165, 1.54) is 11.6 Å². The Balaban J connectivity index is 1.12. The Kier molecular flexibility index (Phi) is 18.1. The number of fused-ring (bicyclic) bond motifs is 3. The van der Waals surface area contributed by atoms with E-state index < -0.39 is 49.2 Å². The number of unbranched alkanes of at least 4 members (excludes halogenated alkanes) is 4. The van der Waals surface area contributed by atoms with Gasteiger partial charge in [0.15, 0.2) is 6.10 Å². The lowest BCUT2D eigenvalue weighted by molar-refractivity contribution is -0.958. The van der Waals surface area contributed by atoms with E-state index in [0.29, 0.717) is 40.8 Å². The zero-order valence-electron chi connectivity index (χ0n) is 33.9. The lowest BCUT2D eigenvalue weighted by Crippen LogP contribution is -2.64. The first-order chi connectivity index (χ1) is 27.9. The fourth-order valence-electron chi connectivity index (χ4n) is 8.45. The molecule has 0 aromatic heterocycles. The van der Waals surface area contributed by atoms with Crippen molar-refractivity contribution >= 4 is 25.0 Å². The van der Waals surface area contributed by atoms with Gasteiger partial charge >= 0.3 is 13.8 Å². The first kappa shape index (κ1) is 46.3. The maximum Gasteiger partial charge on any atom is 0.524 e. The highest BCUT2D eigenvalue weighted by molar-refractivity contribution is 7.90. The van der Waals surface area contributed by atoms with Crippen molar-refractivity contribution < 1.29 is 52.4 Å². The third kappa shape index (κ3) is 13.9. The molecule has 3 aliphatic rings. The number of phosphoric acid groups is 1. The lowest BCUT2D eigenvalue weighted by atomic mass is 9.78. The number of ether oxygens (including phenoxy) is 2. The number of benzene rings is 3. The molecule has 3 fully saturated rings. The molecule has 6 rings (SSSR count). The number of aliphatic hydroxyl groups is 2. The molecule has 0 aliphatic carbocycles. The number of quaternary nitrogens is 1. The summed E-state index contributed by atoms with van der Waals surface area (Å²) >= 11 is -1.18. The summed E-state index contributed by atoms with van der Waals surface area (Å²) in [5, 5.41) is 25.2. The van der Waals surface area contributed by atoms with E-state index in [1.54, 1.807) is 42.7 Å². The van der Waals surface area contributed by atoms with E-state index in [0.717, 1.165) is 90.6 Å². The Hall–Kier alpha value is -2.81. The predicted octanol–water partition coefficient (Wildman–Crippen LogP) is 5.73. The fourth-order valence-corrected chi connectivity index (χ4v) is 9.52. The molecular formula is C44H64N2O10PS+. The molecule has 3 aliphatic heterocycles. The number of phosphoric ester groups is 1. The third-order valence-electron chi connectivity index (χ3n) is 11.9. The van der Waals surface area contributed by atoms with Crippen LogP contribution in [0.25, 0.3) is 0 Å². The Labute approximate surface area is 347 Å². The van der Waals surface area contributed by atoms with Gasteiger partial charge in [-0.05, 0) is 67.5 Å². The minimum Gasteiger partial charge on any atom is -0.617 e. The number of nitrogens with one attached hydrogen (secondary N) is 1. The van der Waals surface area contributed by atoms with Crippen molar-refractivity contribution in [1.82, 2.24) is 5.32 Å². The minimum atomic E-state index is -4.88. The molecule has 58 heavy (non-hydrogen) atoms. The van der Waals surface area contributed by atoms with Gasteiger partial charge in [0, 0.05) is 50.5 Å². The summed E-state index contributed by atoms with van der Waals surface area (Å²) in [5.74, 6) is -0.125. The van der Waals surface area contributed by atoms with Gasteiger partial charge in [-0.25, -0.2) is 4.57 Å².